The van der Waals surface area contributed by atoms with Gasteiger partial charge < -0.3 is 9.63 Å². The highest BCUT2D eigenvalue weighted by Crippen LogP contribution is 2.20. The largest absolute Gasteiger partial charge is 0.392 e. The molecule has 0 bridgehead atoms. The first kappa shape index (κ1) is 16.2. The van der Waals surface area contributed by atoms with Crippen LogP contribution in [-0.2, 0) is 6.54 Å². The fourth-order valence-electron chi connectivity index (χ4n) is 2.97. The summed E-state index contributed by atoms with van der Waals surface area (Å²) in [5.74, 6) is 0.907. The van der Waals surface area contributed by atoms with Crippen molar-refractivity contribution < 1.29 is 9.63 Å². The topological polar surface area (TPSA) is 52.7 Å². The Balaban J connectivity index is 1.55. The maximum atomic E-state index is 9.46. The van der Waals surface area contributed by atoms with Crippen LogP contribution in [0.1, 0.15) is 18.2 Å². The van der Waals surface area contributed by atoms with Gasteiger partial charge in [0, 0.05) is 44.4 Å². The molecule has 0 aliphatic carbocycles. The van der Waals surface area contributed by atoms with Crippen LogP contribution in [-0.4, -0.2) is 58.9 Å². The van der Waals surface area contributed by atoms with Crippen LogP contribution < -0.4 is 0 Å². The normalized spacial score (nSPS) is 18.2. The van der Waals surface area contributed by atoms with Crippen LogP contribution in [0.2, 0.25) is 0 Å². The van der Waals surface area contributed by atoms with Gasteiger partial charge in [0.25, 0.3) is 0 Å². The number of hydrogen-bond acceptors (Lipinski definition) is 5. The minimum absolute atomic E-state index is 0.257. The summed E-state index contributed by atoms with van der Waals surface area (Å²) in [5.41, 5.74) is 3.23. The number of β-amino-alcohol motifs (C(OH)–C–C–N with tert-alkyl or cyclic N) is 1. The predicted octanol–water partition coefficient (Wildman–Crippen LogP) is 2.15. The van der Waals surface area contributed by atoms with Gasteiger partial charge in [-0.25, -0.2) is 0 Å². The van der Waals surface area contributed by atoms with Crippen molar-refractivity contribution in [3.63, 3.8) is 0 Å². The number of nitrogens with zero attached hydrogens (tertiary/aromatic N) is 3. The smallest absolute Gasteiger partial charge is 0.151 e. The lowest BCUT2D eigenvalue weighted by Crippen LogP contribution is -2.47. The van der Waals surface area contributed by atoms with E-state index in [1.807, 2.05) is 13.0 Å². The van der Waals surface area contributed by atoms with Crippen molar-refractivity contribution in [1.29, 1.82) is 0 Å². The average molecular weight is 315 g/mol. The van der Waals surface area contributed by atoms with Gasteiger partial charge in [-0.2, -0.15) is 0 Å². The van der Waals surface area contributed by atoms with Crippen molar-refractivity contribution in [2.24, 2.45) is 0 Å². The van der Waals surface area contributed by atoms with Crippen LogP contribution in [0, 0.1) is 6.92 Å². The molecule has 1 saturated heterocycles. The van der Waals surface area contributed by atoms with E-state index in [4.69, 9.17) is 4.52 Å². The minimum Gasteiger partial charge on any atom is -0.392 e. The Labute approximate surface area is 137 Å². The van der Waals surface area contributed by atoms with Crippen molar-refractivity contribution >= 4 is 0 Å². The van der Waals surface area contributed by atoms with Gasteiger partial charge in [0.05, 0.1) is 12.6 Å². The lowest BCUT2D eigenvalue weighted by molar-refractivity contribution is 0.0745. The van der Waals surface area contributed by atoms with E-state index < -0.39 is 0 Å². The summed E-state index contributed by atoms with van der Waals surface area (Å²) in [6.45, 7) is 9.44. The summed E-state index contributed by atoms with van der Waals surface area (Å²) < 4.78 is 5.50. The zero-order valence-electron chi connectivity index (χ0n) is 13.9. The van der Waals surface area contributed by atoms with Crippen molar-refractivity contribution in [3.05, 3.63) is 41.7 Å². The predicted molar refractivity (Wildman–Crippen MR) is 90.1 cm³/mol. The van der Waals surface area contributed by atoms with Crippen LogP contribution >= 0.6 is 0 Å². The van der Waals surface area contributed by atoms with E-state index in [1.165, 1.54) is 5.56 Å². The molecule has 0 radical (unpaired) electrons. The molecule has 2 aromatic rings. The minimum atomic E-state index is -0.257. The number of aliphatic hydroxyl groups excluding tert-OH is 1. The molecule has 1 fully saturated rings. The molecule has 5 heteroatoms. The molecular formula is C18H25N3O2. The molecule has 23 heavy (non-hydrogen) atoms. The van der Waals surface area contributed by atoms with E-state index >= 15 is 0 Å². The molecular weight excluding hydrogens is 290 g/mol. The second-order valence-corrected chi connectivity index (χ2v) is 6.47. The van der Waals surface area contributed by atoms with Gasteiger partial charge in [0.15, 0.2) is 5.76 Å². The van der Waals surface area contributed by atoms with Gasteiger partial charge in [-0.05, 0) is 13.8 Å². The summed E-state index contributed by atoms with van der Waals surface area (Å²) in [7, 11) is 0. The molecule has 2 heterocycles. The molecule has 124 valence electrons. The van der Waals surface area contributed by atoms with E-state index in [0.717, 1.165) is 56.3 Å². The van der Waals surface area contributed by atoms with Gasteiger partial charge in [-0.1, -0.05) is 35.0 Å². The second kappa shape index (κ2) is 7.25. The van der Waals surface area contributed by atoms with Crippen LogP contribution in [0.25, 0.3) is 11.3 Å². The van der Waals surface area contributed by atoms with Gasteiger partial charge in [0.2, 0.25) is 0 Å². The van der Waals surface area contributed by atoms with E-state index in [-0.39, 0.29) is 6.10 Å². The number of aliphatic hydroxyl groups is 1. The number of benzene rings is 1. The summed E-state index contributed by atoms with van der Waals surface area (Å²) in [5, 5.41) is 13.6. The van der Waals surface area contributed by atoms with Gasteiger partial charge in [-0.3, -0.25) is 9.80 Å². The standard InChI is InChI=1S/C18H25N3O2/c1-14-3-5-16(6-4-14)18-11-17(23-19-18)13-21-9-7-20(8-10-21)12-15(2)22/h3-6,11,15,22H,7-10,12-13H2,1-2H3/t15-/m0/s1. The third-order valence-electron chi connectivity index (χ3n) is 4.27. The maximum absolute atomic E-state index is 9.46. The van der Waals surface area contributed by atoms with E-state index in [1.54, 1.807) is 0 Å². The van der Waals surface area contributed by atoms with Crippen LogP contribution in [0.5, 0.6) is 0 Å². The van der Waals surface area contributed by atoms with Crippen LogP contribution in [0.3, 0.4) is 0 Å². The zero-order valence-corrected chi connectivity index (χ0v) is 13.9. The first-order valence-corrected chi connectivity index (χ1v) is 8.25. The summed E-state index contributed by atoms with van der Waals surface area (Å²) in [6, 6.07) is 10.4. The summed E-state index contributed by atoms with van der Waals surface area (Å²) in [4.78, 5) is 4.68. The highest BCUT2D eigenvalue weighted by molar-refractivity contribution is 5.59. The first-order valence-electron chi connectivity index (χ1n) is 8.25. The highest BCUT2D eigenvalue weighted by atomic mass is 16.5. The van der Waals surface area contributed by atoms with Crippen molar-refractivity contribution in [1.82, 2.24) is 15.0 Å². The van der Waals surface area contributed by atoms with Gasteiger partial charge in [-0.15, -0.1) is 0 Å². The quantitative estimate of drug-likeness (QED) is 0.916. The second-order valence-electron chi connectivity index (χ2n) is 6.47. The number of hydrogen-bond donors (Lipinski definition) is 1. The number of rotatable bonds is 5. The lowest BCUT2D eigenvalue weighted by Gasteiger charge is -2.34. The Morgan fingerprint density at radius 3 is 2.43 bits per heavy atom. The monoisotopic (exact) mass is 315 g/mol. The average Bonchev–Trinajstić information content (AvgIpc) is 2.98. The Bertz CT molecular complexity index is 613. The zero-order chi connectivity index (χ0) is 16.2. The third kappa shape index (κ3) is 4.41. The molecule has 1 aliphatic rings. The molecule has 0 spiro atoms. The van der Waals surface area contributed by atoms with Crippen molar-refractivity contribution in [3.8, 4) is 11.3 Å². The molecule has 5 nitrogen and oxygen atoms in total. The SMILES string of the molecule is Cc1ccc(-c2cc(CN3CCN(C[C@H](C)O)CC3)on2)cc1. The Morgan fingerprint density at radius 2 is 1.78 bits per heavy atom. The Morgan fingerprint density at radius 1 is 1.13 bits per heavy atom. The molecule has 0 saturated carbocycles. The van der Waals surface area contributed by atoms with Gasteiger partial charge >= 0.3 is 0 Å². The molecule has 1 N–H and O–H groups in total. The van der Waals surface area contributed by atoms with Crippen LogP contribution in [0.15, 0.2) is 34.9 Å². The summed E-state index contributed by atoms with van der Waals surface area (Å²) >= 11 is 0. The number of aryl methyl sites for hydroxylation is 1. The van der Waals surface area contributed by atoms with Crippen molar-refractivity contribution in [2.75, 3.05) is 32.7 Å². The van der Waals surface area contributed by atoms with Gasteiger partial charge in [0.1, 0.15) is 5.69 Å². The summed E-state index contributed by atoms with van der Waals surface area (Å²) in [6.07, 6.45) is -0.257. The van der Waals surface area contributed by atoms with E-state index in [9.17, 15) is 5.11 Å². The van der Waals surface area contributed by atoms with Crippen LogP contribution in [0.4, 0.5) is 0 Å². The maximum Gasteiger partial charge on any atom is 0.151 e. The van der Waals surface area contributed by atoms with Crippen molar-refractivity contribution in [2.45, 2.75) is 26.5 Å². The van der Waals surface area contributed by atoms with E-state index in [2.05, 4.69) is 46.1 Å². The fraction of sp³-hybridized carbons (Fsp3) is 0.500. The number of piperazine rings is 1. The molecule has 0 amide bonds. The molecule has 1 aromatic heterocycles. The Hall–Kier alpha value is -1.69. The van der Waals surface area contributed by atoms with E-state index in [0.29, 0.717) is 0 Å². The molecule has 0 unspecified atom stereocenters. The molecule has 1 aromatic carbocycles. The molecule has 3 rings (SSSR count). The fourth-order valence-corrected chi connectivity index (χ4v) is 2.97. The third-order valence-corrected chi connectivity index (χ3v) is 4.27. The Kier molecular flexibility index (Phi) is 5.10. The number of aromatic nitrogens is 1. The first-order chi connectivity index (χ1) is 11.1. The highest BCUT2D eigenvalue weighted by Gasteiger charge is 2.19. The lowest BCUT2D eigenvalue weighted by atomic mass is 10.1. The molecule has 1 aliphatic heterocycles. The molecule has 1 atom stereocenters.